The van der Waals surface area contributed by atoms with Crippen molar-refractivity contribution in [3.05, 3.63) is 174 Å². The third-order valence-electron chi connectivity index (χ3n) is 13.5. The first-order valence-corrected chi connectivity index (χ1v) is 23.9. The van der Waals surface area contributed by atoms with E-state index >= 15 is 27.6 Å². The van der Waals surface area contributed by atoms with E-state index < -0.39 is 129 Å². The van der Waals surface area contributed by atoms with Gasteiger partial charge in [0.15, 0.2) is 11.5 Å². The van der Waals surface area contributed by atoms with Gasteiger partial charge in [-0.2, -0.15) is 77.8 Å². The number of alkyl halides is 12. The van der Waals surface area contributed by atoms with Crippen LogP contribution in [-0.4, -0.2) is 73.7 Å². The lowest BCUT2D eigenvalue weighted by atomic mass is 9.79. The van der Waals surface area contributed by atoms with Crippen molar-refractivity contribution in [1.29, 1.82) is 0 Å². The van der Waals surface area contributed by atoms with Crippen LogP contribution in [0.15, 0.2) is 119 Å². The first kappa shape index (κ1) is 54.4. The van der Waals surface area contributed by atoms with Crippen LogP contribution in [0, 0.1) is 6.92 Å². The summed E-state index contributed by atoms with van der Waals surface area (Å²) in [7, 11) is 3.00. The smallest absolute Gasteiger partial charge is 0.329 e. The van der Waals surface area contributed by atoms with Gasteiger partial charge in [-0.3, -0.25) is 32.9 Å². The van der Waals surface area contributed by atoms with Gasteiger partial charge in [0.05, 0.1) is 11.2 Å². The molecule has 0 bridgehead atoms. The number of pyridine rings is 3. The summed E-state index contributed by atoms with van der Waals surface area (Å²) in [5.74, 6) is -8.82. The van der Waals surface area contributed by atoms with Crippen LogP contribution >= 0.6 is 0 Å². The molecule has 1 saturated carbocycles. The van der Waals surface area contributed by atoms with E-state index in [0.717, 1.165) is 69.5 Å². The van der Waals surface area contributed by atoms with Gasteiger partial charge < -0.3 is 18.1 Å². The van der Waals surface area contributed by atoms with Crippen molar-refractivity contribution in [3.8, 4) is 34.2 Å². The number of halogens is 12. The molecule has 0 N–H and O–H groups in total. The van der Waals surface area contributed by atoms with Gasteiger partial charge in [-0.15, -0.1) is 0 Å². The maximum atomic E-state index is 15.4. The standard InChI is InChI=1S/C49H33F12N15O6/c1-23-16-33(46(50,51)52)63-40(62-23)44(21-29-28-6-4-5-7-30(28)72(2)67-29,74-13-10-25(17-34(74)77)37-64-41(80-69-37)47(53,54)55)22-45(32-20-31(24-8-9-24)73(3)68-32,75-14-11-26(18-35(75)78)38-65-42(81-70-38)48(56,57)58)76-15-12-27(19-36(76)79)39-66-43(82-71-39)49(59,60)61/h4-7,10-20,24H,8-9,21-22H2,1-3H3. The molecule has 424 valence electrons. The highest BCUT2D eigenvalue weighted by molar-refractivity contribution is 5.82. The van der Waals surface area contributed by atoms with Gasteiger partial charge in [0.2, 0.25) is 17.5 Å². The van der Waals surface area contributed by atoms with E-state index in [1.54, 1.807) is 24.3 Å². The first-order valence-electron chi connectivity index (χ1n) is 23.9. The first-order chi connectivity index (χ1) is 38.5. The Morgan fingerprint density at radius 1 is 0.537 bits per heavy atom. The molecule has 1 atom stereocenters. The second-order valence-electron chi connectivity index (χ2n) is 19.0. The Labute approximate surface area is 447 Å². The van der Waals surface area contributed by atoms with Gasteiger partial charge in [-0.1, -0.05) is 33.7 Å². The Bertz CT molecular complexity index is 4200. The van der Waals surface area contributed by atoms with Crippen molar-refractivity contribution in [2.24, 2.45) is 14.1 Å². The van der Waals surface area contributed by atoms with Gasteiger partial charge in [0.1, 0.15) is 16.9 Å². The maximum absolute atomic E-state index is 15.4. The summed E-state index contributed by atoms with van der Waals surface area (Å²) in [5.41, 5.74) is -11.9. The highest BCUT2D eigenvalue weighted by atomic mass is 19.4. The topological polar surface area (TPSA) is 244 Å². The summed E-state index contributed by atoms with van der Waals surface area (Å²) in [6.07, 6.45) is -18.7. The van der Waals surface area contributed by atoms with E-state index in [4.69, 9.17) is 10.2 Å². The molecule has 82 heavy (non-hydrogen) atoms. The molecule has 0 aliphatic heterocycles. The fraction of sp³-hybridized carbons (Fsp3) is 0.286. The number of rotatable bonds is 13. The summed E-state index contributed by atoms with van der Waals surface area (Å²) in [4.78, 5) is 65.0. The number of aromatic nitrogens is 15. The number of aryl methyl sites for hydroxylation is 3. The quantitative estimate of drug-likeness (QED) is 0.0985. The van der Waals surface area contributed by atoms with Crippen LogP contribution in [0.1, 0.15) is 77.1 Å². The average molecular weight is 1160 g/mol. The highest BCUT2D eigenvalue weighted by Crippen LogP contribution is 2.47. The predicted octanol–water partition coefficient (Wildman–Crippen LogP) is 8.32. The largest absolute Gasteiger partial charge is 0.471 e. The fourth-order valence-corrected chi connectivity index (χ4v) is 9.77. The second kappa shape index (κ2) is 19.0. The molecule has 0 spiro atoms. The number of para-hydroxylation sites is 1. The fourth-order valence-electron chi connectivity index (χ4n) is 9.77. The average Bonchev–Trinajstić information content (AvgIpc) is 1.32. The van der Waals surface area contributed by atoms with Crippen LogP contribution < -0.4 is 16.7 Å². The minimum atomic E-state index is -5.27. The molecule has 9 aromatic heterocycles. The molecule has 0 amide bonds. The van der Waals surface area contributed by atoms with E-state index in [2.05, 4.69) is 54.0 Å². The zero-order valence-electron chi connectivity index (χ0n) is 41.8. The summed E-state index contributed by atoms with van der Waals surface area (Å²) >= 11 is 0. The third kappa shape index (κ3) is 9.66. The lowest BCUT2D eigenvalue weighted by Crippen LogP contribution is -2.58. The van der Waals surface area contributed by atoms with Crippen molar-refractivity contribution in [3.63, 3.8) is 0 Å². The lowest BCUT2D eigenvalue weighted by Gasteiger charge is -2.44. The Morgan fingerprint density at radius 3 is 1.45 bits per heavy atom. The van der Waals surface area contributed by atoms with E-state index in [1.807, 2.05) is 0 Å². The second-order valence-corrected chi connectivity index (χ2v) is 19.0. The van der Waals surface area contributed by atoms with Gasteiger partial charge >= 0.3 is 42.4 Å². The summed E-state index contributed by atoms with van der Waals surface area (Å²) in [6.45, 7) is 1.16. The molecule has 9 heterocycles. The van der Waals surface area contributed by atoms with Crippen LogP contribution in [0.4, 0.5) is 52.7 Å². The van der Waals surface area contributed by atoms with Crippen LogP contribution in [0.3, 0.4) is 0 Å². The van der Waals surface area contributed by atoms with Gasteiger partial charge in [-0.25, -0.2) is 9.97 Å². The molecule has 10 aromatic rings. The van der Waals surface area contributed by atoms with Crippen LogP contribution in [0.5, 0.6) is 0 Å². The molecule has 11 rings (SSSR count). The van der Waals surface area contributed by atoms with Crippen LogP contribution in [0.2, 0.25) is 0 Å². The number of hydrogen-bond acceptors (Lipinski definition) is 16. The van der Waals surface area contributed by atoms with E-state index in [9.17, 15) is 39.5 Å². The van der Waals surface area contributed by atoms with Gasteiger partial charge in [0, 0.05) is 103 Å². The van der Waals surface area contributed by atoms with Gasteiger partial charge in [0.25, 0.3) is 16.7 Å². The zero-order chi connectivity index (χ0) is 58.6. The Kier molecular flexibility index (Phi) is 12.6. The molecule has 33 heteroatoms. The Balaban J connectivity index is 1.28. The molecule has 1 aliphatic rings. The van der Waals surface area contributed by atoms with Crippen LogP contribution in [0.25, 0.3) is 45.1 Å². The lowest BCUT2D eigenvalue weighted by molar-refractivity contribution is -0.160. The summed E-state index contributed by atoms with van der Waals surface area (Å²) in [5, 5.41) is 20.0. The summed E-state index contributed by atoms with van der Waals surface area (Å²) in [6, 6.07) is 13.7. The predicted molar refractivity (Wildman–Crippen MR) is 253 cm³/mol. The van der Waals surface area contributed by atoms with Crippen molar-refractivity contribution in [2.75, 3.05) is 0 Å². The van der Waals surface area contributed by atoms with Crippen molar-refractivity contribution in [2.45, 2.75) is 74.4 Å². The number of nitrogens with zero attached hydrogens (tertiary/aromatic N) is 15. The molecule has 1 aliphatic carbocycles. The molecule has 1 unspecified atom stereocenters. The molecule has 21 nitrogen and oxygen atoms in total. The monoisotopic (exact) mass is 1160 g/mol. The minimum absolute atomic E-state index is 0.00476. The van der Waals surface area contributed by atoms with Crippen molar-refractivity contribution < 1.29 is 66.3 Å². The van der Waals surface area contributed by atoms with Crippen molar-refractivity contribution >= 4 is 10.9 Å². The van der Waals surface area contributed by atoms with E-state index in [1.165, 1.54) is 29.5 Å². The molecule has 0 radical (unpaired) electrons. The van der Waals surface area contributed by atoms with E-state index in [0.29, 0.717) is 41.6 Å². The number of fused-ring (bicyclic) bond motifs is 1. The highest BCUT2D eigenvalue weighted by Gasteiger charge is 2.54. The molecular formula is C49H33F12N15O6. The molecule has 0 saturated heterocycles. The van der Waals surface area contributed by atoms with Crippen molar-refractivity contribution in [1.82, 2.24) is 73.7 Å². The number of benzene rings is 1. The minimum Gasteiger partial charge on any atom is -0.329 e. The molecular weight excluding hydrogens is 1120 g/mol. The zero-order valence-corrected chi connectivity index (χ0v) is 41.8. The van der Waals surface area contributed by atoms with Gasteiger partial charge in [-0.05, 0) is 56.2 Å². The summed E-state index contributed by atoms with van der Waals surface area (Å²) < 4.78 is 188. The Hall–Kier alpha value is -9.59. The maximum Gasteiger partial charge on any atom is 0.471 e. The normalized spacial score (nSPS) is 14.5. The SMILES string of the molecule is Cc1cc(C(F)(F)F)nc(C(Cc2nn(C)c3ccccc23)(CC(c2cc(C3CC3)n(C)n2)(n2ccc(-c3noc(C(F)(F)F)n3)cc2=O)n2ccc(-c3noc(C(F)(F)F)n3)cc2=O)n2ccc(-c3noc(C(F)(F)F)n3)cc2=O)n1. The number of hydrogen-bond donors (Lipinski definition) is 0. The third-order valence-corrected chi connectivity index (χ3v) is 13.5. The Morgan fingerprint density at radius 2 is 1.01 bits per heavy atom. The van der Waals surface area contributed by atoms with Crippen LogP contribution in [-0.2, 0) is 56.4 Å². The molecule has 1 fully saturated rings. The van der Waals surface area contributed by atoms with E-state index in [-0.39, 0.29) is 23.0 Å². The molecule has 1 aromatic carbocycles.